The van der Waals surface area contributed by atoms with Gasteiger partial charge in [-0.15, -0.1) is 0 Å². The van der Waals surface area contributed by atoms with Crippen molar-refractivity contribution in [1.29, 1.82) is 0 Å². The van der Waals surface area contributed by atoms with E-state index >= 15 is 0 Å². The van der Waals surface area contributed by atoms with Crippen LogP contribution in [0.5, 0.6) is 0 Å². The summed E-state index contributed by atoms with van der Waals surface area (Å²) in [6, 6.07) is 10.8. The van der Waals surface area contributed by atoms with Gasteiger partial charge < -0.3 is 5.32 Å². The lowest BCUT2D eigenvalue weighted by Crippen LogP contribution is -2.06. The minimum absolute atomic E-state index is 0.0318. The Morgan fingerprint density at radius 1 is 0.941 bits per heavy atom. The number of halogens is 2. The molecule has 0 saturated carbocycles. The minimum Gasteiger partial charge on any atom is -0.381 e. The third kappa shape index (κ3) is 2.84. The predicted molar refractivity (Wildman–Crippen MR) is 65.5 cm³/mol. The smallest absolute Gasteiger partial charge is 0.131 e. The summed E-state index contributed by atoms with van der Waals surface area (Å²) in [7, 11) is 5.53. The first kappa shape index (κ1) is 11.6. The van der Waals surface area contributed by atoms with Crippen LogP contribution in [0.15, 0.2) is 42.5 Å². The molecule has 1 nitrogen and oxygen atoms in total. The highest BCUT2D eigenvalue weighted by atomic mass is 19.1. The van der Waals surface area contributed by atoms with Gasteiger partial charge in [0.25, 0.3) is 0 Å². The van der Waals surface area contributed by atoms with Gasteiger partial charge in [0, 0.05) is 17.8 Å². The first-order chi connectivity index (χ1) is 8.16. The van der Waals surface area contributed by atoms with Gasteiger partial charge in [-0.05, 0) is 24.3 Å². The van der Waals surface area contributed by atoms with Crippen molar-refractivity contribution in [3.63, 3.8) is 0 Å². The monoisotopic (exact) mass is 229 g/mol. The molecule has 0 amide bonds. The Balaban J connectivity index is 2.10. The molecule has 0 fully saturated rings. The minimum atomic E-state index is -0.548. The zero-order chi connectivity index (χ0) is 12.3. The van der Waals surface area contributed by atoms with Crippen LogP contribution in [0.4, 0.5) is 14.5 Å². The molecule has 0 aromatic heterocycles. The third-order valence-electron chi connectivity index (χ3n) is 2.44. The van der Waals surface area contributed by atoms with E-state index < -0.39 is 11.6 Å². The Bertz CT molecular complexity index is 491. The van der Waals surface area contributed by atoms with Gasteiger partial charge in [0.1, 0.15) is 19.5 Å². The molecule has 0 aliphatic rings. The Labute approximate surface area is 99.9 Å². The van der Waals surface area contributed by atoms with E-state index in [9.17, 15) is 8.78 Å². The lowest BCUT2D eigenvalue weighted by Gasteiger charge is -2.08. The number of hydrogen-bond donors (Lipinski definition) is 1. The molecule has 84 valence electrons. The van der Waals surface area contributed by atoms with Gasteiger partial charge in [-0.25, -0.2) is 8.78 Å². The maximum absolute atomic E-state index is 13.3. The van der Waals surface area contributed by atoms with Crippen LogP contribution >= 0.6 is 0 Å². The summed E-state index contributed by atoms with van der Waals surface area (Å²) in [5.74, 6) is -1.10. The van der Waals surface area contributed by atoms with Crippen LogP contribution in [0.1, 0.15) is 5.56 Å². The molecule has 2 radical (unpaired) electrons. The molecule has 0 heterocycles. The van der Waals surface area contributed by atoms with Crippen molar-refractivity contribution in [2.75, 3.05) is 5.32 Å². The lowest BCUT2D eigenvalue weighted by atomic mass is 9.96. The first-order valence-corrected chi connectivity index (χ1v) is 5.19. The topological polar surface area (TPSA) is 12.0 Å². The standard InChI is InChI=1S/C13H10BF2N/c14-9-4-6-10(7-5-9)17-8-11-12(15)2-1-3-13(11)16/h1-7,17H,8H2. The Kier molecular flexibility index (Phi) is 3.42. The van der Waals surface area contributed by atoms with Gasteiger partial charge in [-0.3, -0.25) is 0 Å². The molecule has 4 heteroatoms. The van der Waals surface area contributed by atoms with E-state index in [0.717, 1.165) is 5.69 Å². The Morgan fingerprint density at radius 3 is 2.12 bits per heavy atom. The fourth-order valence-electron chi connectivity index (χ4n) is 1.49. The van der Waals surface area contributed by atoms with E-state index in [2.05, 4.69) is 5.32 Å². The van der Waals surface area contributed by atoms with Crippen LogP contribution in [-0.4, -0.2) is 7.85 Å². The second-order valence-corrected chi connectivity index (χ2v) is 3.68. The van der Waals surface area contributed by atoms with Gasteiger partial charge >= 0.3 is 0 Å². The molecule has 0 saturated heterocycles. The van der Waals surface area contributed by atoms with Crippen LogP contribution in [-0.2, 0) is 6.54 Å². The first-order valence-electron chi connectivity index (χ1n) is 5.19. The van der Waals surface area contributed by atoms with Crippen molar-refractivity contribution in [2.24, 2.45) is 0 Å². The van der Waals surface area contributed by atoms with Crippen LogP contribution in [0.2, 0.25) is 0 Å². The van der Waals surface area contributed by atoms with E-state index in [1.54, 1.807) is 24.3 Å². The molecule has 0 aliphatic heterocycles. The number of nitrogens with one attached hydrogen (secondary N) is 1. The molecule has 0 bridgehead atoms. The molecule has 17 heavy (non-hydrogen) atoms. The van der Waals surface area contributed by atoms with E-state index in [4.69, 9.17) is 7.85 Å². The fraction of sp³-hybridized carbons (Fsp3) is 0.0769. The van der Waals surface area contributed by atoms with E-state index in [0.29, 0.717) is 5.46 Å². The van der Waals surface area contributed by atoms with E-state index in [-0.39, 0.29) is 12.1 Å². The van der Waals surface area contributed by atoms with Crippen molar-refractivity contribution < 1.29 is 8.78 Å². The van der Waals surface area contributed by atoms with Crippen molar-refractivity contribution in [2.45, 2.75) is 6.54 Å². The highest BCUT2D eigenvalue weighted by Gasteiger charge is 2.07. The zero-order valence-corrected chi connectivity index (χ0v) is 9.08. The van der Waals surface area contributed by atoms with Crippen molar-refractivity contribution in [3.8, 4) is 0 Å². The van der Waals surface area contributed by atoms with Crippen molar-refractivity contribution >= 4 is 19.0 Å². The summed E-state index contributed by atoms with van der Waals surface area (Å²) in [5.41, 5.74) is 1.44. The maximum Gasteiger partial charge on any atom is 0.131 e. The maximum atomic E-state index is 13.3. The number of benzene rings is 2. The SMILES string of the molecule is [B]c1ccc(NCc2c(F)cccc2F)cc1. The molecular weight excluding hydrogens is 219 g/mol. The largest absolute Gasteiger partial charge is 0.381 e. The van der Waals surface area contributed by atoms with Crippen molar-refractivity contribution in [3.05, 3.63) is 59.7 Å². The predicted octanol–water partition coefficient (Wildman–Crippen LogP) is 2.37. The molecule has 2 aromatic carbocycles. The molecule has 2 rings (SSSR count). The highest BCUT2D eigenvalue weighted by Crippen LogP contribution is 2.14. The van der Waals surface area contributed by atoms with E-state index in [1.165, 1.54) is 18.2 Å². The molecule has 0 unspecified atom stereocenters. The quantitative estimate of drug-likeness (QED) is 0.796. The van der Waals surface area contributed by atoms with Crippen LogP contribution in [0, 0.1) is 11.6 Å². The fourth-order valence-corrected chi connectivity index (χ4v) is 1.49. The van der Waals surface area contributed by atoms with E-state index in [1.807, 2.05) is 0 Å². The summed E-state index contributed by atoms with van der Waals surface area (Å²) >= 11 is 0. The lowest BCUT2D eigenvalue weighted by molar-refractivity contribution is 0.560. The van der Waals surface area contributed by atoms with Gasteiger partial charge in [-0.1, -0.05) is 23.7 Å². The summed E-state index contributed by atoms with van der Waals surface area (Å²) in [6.45, 7) is 0.0996. The van der Waals surface area contributed by atoms with Crippen LogP contribution < -0.4 is 10.8 Å². The second kappa shape index (κ2) is 5.00. The van der Waals surface area contributed by atoms with Crippen molar-refractivity contribution in [1.82, 2.24) is 0 Å². The number of hydrogen-bond acceptors (Lipinski definition) is 1. The summed E-state index contributed by atoms with van der Waals surface area (Å²) in [4.78, 5) is 0. The molecule has 0 spiro atoms. The van der Waals surface area contributed by atoms with Gasteiger partial charge in [0.15, 0.2) is 0 Å². The van der Waals surface area contributed by atoms with Gasteiger partial charge in [0.05, 0.1) is 0 Å². The third-order valence-corrected chi connectivity index (χ3v) is 2.44. The molecular formula is C13H10BF2N. The van der Waals surface area contributed by atoms with Crippen LogP contribution in [0.3, 0.4) is 0 Å². The molecule has 0 aliphatic carbocycles. The van der Waals surface area contributed by atoms with Gasteiger partial charge in [0.2, 0.25) is 0 Å². The Morgan fingerprint density at radius 2 is 1.53 bits per heavy atom. The number of anilines is 1. The summed E-state index contributed by atoms with van der Waals surface area (Å²) < 4.78 is 26.6. The van der Waals surface area contributed by atoms with Gasteiger partial charge in [-0.2, -0.15) is 0 Å². The second-order valence-electron chi connectivity index (χ2n) is 3.68. The normalized spacial score (nSPS) is 10.2. The molecule has 0 atom stereocenters. The summed E-state index contributed by atoms with van der Waals surface area (Å²) in [6.07, 6.45) is 0. The van der Waals surface area contributed by atoms with Crippen LogP contribution in [0.25, 0.3) is 0 Å². The number of rotatable bonds is 3. The highest BCUT2D eigenvalue weighted by molar-refractivity contribution is 6.32. The zero-order valence-electron chi connectivity index (χ0n) is 9.08. The molecule has 1 N–H and O–H groups in total. The average Bonchev–Trinajstić information content (AvgIpc) is 2.31. The average molecular weight is 229 g/mol. The summed E-state index contributed by atoms with van der Waals surface area (Å²) in [5, 5.41) is 2.93. The molecule has 2 aromatic rings. The Hall–Kier alpha value is -1.84.